The minimum absolute atomic E-state index is 0.125. The van der Waals surface area contributed by atoms with Gasteiger partial charge in [0.1, 0.15) is 11.2 Å². The standard InChI is InChI=1S/C60H46N2O/c1-36-29-40-35-59-50(40)32-41(30-36)60(59)51-34-43(33-49-45-16-6-10-20-53(45)62(57(49)51)54-21-11-7-18-48(54)58(59)60)61(52-19-9-5-15-44(52)38-13-3-2-4-14-38)42-26-23-37(24-27-42)39-25-28-47-46-17-8-12-22-55(46)63-56(47)31-39/h2-28,31,33-34,36,40-41,50,58H,29-30,32,35H2,1H3/t36-,40?,41?,50?,58?,59?,60?/m0/s1. The zero-order chi connectivity index (χ0) is 41.2. The topological polar surface area (TPSA) is 21.3 Å². The van der Waals surface area contributed by atoms with E-state index in [-0.39, 0.29) is 5.41 Å². The van der Waals surface area contributed by atoms with E-state index in [1.54, 1.807) is 11.1 Å². The molecule has 3 nitrogen and oxygen atoms in total. The summed E-state index contributed by atoms with van der Waals surface area (Å²) in [6.07, 6.45) is 5.52. The van der Waals surface area contributed by atoms with Gasteiger partial charge < -0.3 is 13.9 Å². The van der Waals surface area contributed by atoms with Crippen LogP contribution >= 0.6 is 0 Å². The van der Waals surface area contributed by atoms with Crippen molar-refractivity contribution in [2.24, 2.45) is 29.1 Å². The van der Waals surface area contributed by atoms with Gasteiger partial charge in [0.15, 0.2) is 0 Å². The molecule has 4 saturated carbocycles. The minimum Gasteiger partial charge on any atom is -0.456 e. The van der Waals surface area contributed by atoms with Crippen molar-refractivity contribution in [3.8, 4) is 27.9 Å². The van der Waals surface area contributed by atoms with Gasteiger partial charge in [-0.3, -0.25) is 0 Å². The Morgan fingerprint density at radius 2 is 1.32 bits per heavy atom. The molecule has 63 heavy (non-hydrogen) atoms. The largest absolute Gasteiger partial charge is 0.456 e. The van der Waals surface area contributed by atoms with Crippen LogP contribution in [0.5, 0.6) is 0 Å². The van der Waals surface area contributed by atoms with Gasteiger partial charge in [-0.25, -0.2) is 0 Å². The van der Waals surface area contributed by atoms with Crippen LogP contribution in [0.25, 0.3) is 71.7 Å². The van der Waals surface area contributed by atoms with Crippen molar-refractivity contribution in [3.05, 3.63) is 193 Å². The predicted octanol–water partition coefficient (Wildman–Crippen LogP) is 15.9. The Labute approximate surface area is 367 Å². The quantitative estimate of drug-likeness (QED) is 0.173. The molecular weight excluding hydrogens is 765 g/mol. The lowest BCUT2D eigenvalue weighted by Crippen LogP contribution is -2.41. The lowest BCUT2D eigenvalue weighted by Gasteiger charge is -2.47. The van der Waals surface area contributed by atoms with Crippen LogP contribution in [0.2, 0.25) is 0 Å². The molecule has 0 N–H and O–H groups in total. The van der Waals surface area contributed by atoms with E-state index in [1.807, 2.05) is 6.07 Å². The molecule has 10 aromatic rings. The second kappa shape index (κ2) is 12.2. The normalized spacial score (nSPS) is 25.9. The van der Waals surface area contributed by atoms with Crippen molar-refractivity contribution in [2.45, 2.75) is 43.9 Å². The van der Waals surface area contributed by atoms with Crippen LogP contribution in [-0.4, -0.2) is 4.57 Å². The van der Waals surface area contributed by atoms with Crippen molar-refractivity contribution in [2.75, 3.05) is 4.90 Å². The van der Waals surface area contributed by atoms with Crippen LogP contribution in [0.15, 0.2) is 186 Å². The monoisotopic (exact) mass is 810 g/mol. The molecule has 6 unspecified atom stereocenters. The SMILES string of the molecule is C[C@H]1CC2CC34C2CC(C1)C31c2cc(N(c3ccc(-c5ccc6c(c5)oc5ccccc56)cc3)c3ccccc3-c3ccccc3)cc3c5ccccc5n(c23)-c2ccccc2C41. The molecule has 0 radical (unpaired) electrons. The van der Waals surface area contributed by atoms with Gasteiger partial charge in [-0.15, -0.1) is 0 Å². The van der Waals surface area contributed by atoms with Gasteiger partial charge in [-0.2, -0.15) is 0 Å². The number of hydrogen-bond donors (Lipinski definition) is 0. The highest BCUT2D eigenvalue weighted by atomic mass is 16.3. The van der Waals surface area contributed by atoms with Crippen LogP contribution in [0.4, 0.5) is 17.1 Å². The molecule has 0 saturated heterocycles. The minimum atomic E-state index is 0.125. The average molecular weight is 811 g/mol. The van der Waals surface area contributed by atoms with Gasteiger partial charge in [-0.1, -0.05) is 128 Å². The Kier molecular flexibility index (Phi) is 6.72. The molecule has 8 aromatic carbocycles. The number of aromatic nitrogens is 1. The maximum atomic E-state index is 6.35. The Balaban J connectivity index is 0.987. The predicted molar refractivity (Wildman–Crippen MR) is 259 cm³/mol. The highest BCUT2D eigenvalue weighted by molar-refractivity contribution is 6.13. The molecule has 2 bridgehead atoms. The van der Waals surface area contributed by atoms with Crippen LogP contribution in [-0.2, 0) is 5.41 Å². The molecular formula is C60H46N2O. The van der Waals surface area contributed by atoms with Crippen molar-refractivity contribution in [1.82, 2.24) is 4.57 Å². The summed E-state index contributed by atoms with van der Waals surface area (Å²) in [5.74, 6) is 3.69. The van der Waals surface area contributed by atoms with E-state index in [9.17, 15) is 0 Å². The summed E-state index contributed by atoms with van der Waals surface area (Å²) < 4.78 is 9.03. The molecule has 3 heteroatoms. The molecule has 302 valence electrons. The summed E-state index contributed by atoms with van der Waals surface area (Å²) in [7, 11) is 0. The molecule has 5 aliphatic rings. The number of fused-ring (bicyclic) bond motifs is 10. The van der Waals surface area contributed by atoms with Crippen LogP contribution in [0.1, 0.15) is 49.7 Å². The van der Waals surface area contributed by atoms with Crippen molar-refractivity contribution < 1.29 is 4.42 Å². The van der Waals surface area contributed by atoms with Gasteiger partial charge >= 0.3 is 0 Å². The molecule has 15 rings (SSSR count). The van der Waals surface area contributed by atoms with Crippen LogP contribution in [0, 0.1) is 29.1 Å². The third-order valence-corrected chi connectivity index (χ3v) is 17.1. The average Bonchev–Trinajstić information content (AvgIpc) is 3.56. The zero-order valence-corrected chi connectivity index (χ0v) is 35.3. The van der Waals surface area contributed by atoms with E-state index in [0.717, 1.165) is 50.9 Å². The second-order valence-corrected chi connectivity index (χ2v) is 19.8. The smallest absolute Gasteiger partial charge is 0.136 e. The molecule has 0 amide bonds. The van der Waals surface area contributed by atoms with E-state index < -0.39 is 0 Å². The maximum absolute atomic E-state index is 6.35. The van der Waals surface area contributed by atoms with Crippen molar-refractivity contribution >= 4 is 60.8 Å². The Morgan fingerprint density at radius 1 is 0.571 bits per heavy atom. The first-order valence-corrected chi connectivity index (χ1v) is 23.2. The fourth-order valence-corrected chi connectivity index (χ4v) is 15.0. The van der Waals surface area contributed by atoms with Crippen molar-refractivity contribution in [3.63, 3.8) is 0 Å². The fraction of sp³-hybridized carbons (Fsp3) is 0.200. The summed E-state index contributed by atoms with van der Waals surface area (Å²) >= 11 is 0. The van der Waals surface area contributed by atoms with E-state index in [1.165, 1.54) is 81.2 Å². The molecule has 1 aliphatic heterocycles. The highest BCUT2D eigenvalue weighted by Gasteiger charge is 2.90. The van der Waals surface area contributed by atoms with Crippen LogP contribution < -0.4 is 4.90 Å². The molecule has 7 atom stereocenters. The summed E-state index contributed by atoms with van der Waals surface area (Å²) in [5, 5.41) is 5.01. The van der Waals surface area contributed by atoms with E-state index in [0.29, 0.717) is 17.3 Å². The number of para-hydroxylation sites is 4. The Hall–Kier alpha value is -6.84. The molecule has 3 heterocycles. The van der Waals surface area contributed by atoms with Crippen molar-refractivity contribution in [1.29, 1.82) is 0 Å². The van der Waals surface area contributed by atoms with Gasteiger partial charge in [0.05, 0.1) is 16.7 Å². The lowest BCUT2D eigenvalue weighted by molar-refractivity contribution is 0.0359. The van der Waals surface area contributed by atoms with E-state index in [4.69, 9.17) is 4.42 Å². The Morgan fingerprint density at radius 3 is 2.22 bits per heavy atom. The summed E-state index contributed by atoms with van der Waals surface area (Å²) in [6, 6.07) is 68.3. The van der Waals surface area contributed by atoms with E-state index >= 15 is 0 Å². The van der Waals surface area contributed by atoms with Gasteiger partial charge in [0, 0.05) is 55.5 Å². The van der Waals surface area contributed by atoms with E-state index in [2.05, 4.69) is 192 Å². The summed E-state index contributed by atoms with van der Waals surface area (Å²) in [6.45, 7) is 2.56. The third kappa shape index (κ3) is 4.31. The summed E-state index contributed by atoms with van der Waals surface area (Å²) in [5.41, 5.74) is 18.0. The van der Waals surface area contributed by atoms with Gasteiger partial charge in [-0.05, 0) is 143 Å². The third-order valence-electron chi connectivity index (χ3n) is 17.1. The number of nitrogens with zero attached hydrogens (tertiary/aromatic N) is 2. The number of anilines is 3. The molecule has 4 fully saturated rings. The maximum Gasteiger partial charge on any atom is 0.136 e. The number of rotatable bonds is 5. The number of furan rings is 1. The number of benzene rings is 8. The van der Waals surface area contributed by atoms with Crippen LogP contribution in [0.3, 0.4) is 0 Å². The molecule has 4 aliphatic carbocycles. The summed E-state index contributed by atoms with van der Waals surface area (Å²) in [4.78, 5) is 2.58. The lowest BCUT2D eigenvalue weighted by atomic mass is 9.57. The second-order valence-electron chi connectivity index (χ2n) is 19.8. The first kappa shape index (κ1) is 34.7. The zero-order valence-electron chi connectivity index (χ0n) is 35.3. The first-order valence-electron chi connectivity index (χ1n) is 23.2. The highest BCUT2D eigenvalue weighted by Crippen LogP contribution is 2.95. The fourth-order valence-electron chi connectivity index (χ4n) is 15.0. The number of hydrogen-bond acceptors (Lipinski definition) is 2. The van der Waals surface area contributed by atoms with Gasteiger partial charge in [0.2, 0.25) is 0 Å². The Bertz CT molecular complexity index is 3540. The molecule has 2 aromatic heterocycles. The molecule has 2 spiro atoms. The first-order chi connectivity index (χ1) is 31.1. The van der Waals surface area contributed by atoms with Gasteiger partial charge in [0.25, 0.3) is 0 Å².